The van der Waals surface area contributed by atoms with Gasteiger partial charge >= 0.3 is 6.03 Å². The van der Waals surface area contributed by atoms with E-state index in [2.05, 4.69) is 21.5 Å². The topological polar surface area (TPSA) is 63.1 Å². The van der Waals surface area contributed by atoms with Gasteiger partial charge in [-0.05, 0) is 48.6 Å². The van der Waals surface area contributed by atoms with Crippen LogP contribution in [-0.4, -0.2) is 45.0 Å². The normalized spacial score (nSPS) is 17.4. The van der Waals surface area contributed by atoms with E-state index in [1.165, 1.54) is 52.6 Å². The fourth-order valence-electron chi connectivity index (χ4n) is 3.58. The maximum atomic E-state index is 14.4. The van der Waals surface area contributed by atoms with Gasteiger partial charge in [-0.1, -0.05) is 6.42 Å². The zero-order chi connectivity index (χ0) is 19.3. The lowest BCUT2D eigenvalue weighted by atomic mass is 9.80. The number of carbonyl (C=O) groups is 1. The highest BCUT2D eigenvalue weighted by Crippen LogP contribution is 2.36. The molecule has 0 bridgehead atoms. The molecule has 5 rings (SSSR count). The molecule has 2 fully saturated rings. The molecular weight excluding hydrogens is 364 g/mol. The van der Waals surface area contributed by atoms with Gasteiger partial charge in [0.05, 0.1) is 13.1 Å². The van der Waals surface area contributed by atoms with Gasteiger partial charge in [-0.25, -0.2) is 23.2 Å². The van der Waals surface area contributed by atoms with Crippen LogP contribution in [0.1, 0.15) is 30.7 Å². The molecule has 3 heterocycles. The predicted octanol–water partition coefficient (Wildman–Crippen LogP) is 4.01. The SMILES string of the molecule is O=C(Nc1ccc(F)c(-n2cc3cc(C4CCC4)cnc3n2)c1)N1CC(F)C1. The third-order valence-corrected chi connectivity index (χ3v) is 5.53. The van der Waals surface area contributed by atoms with Crippen LogP contribution in [0.2, 0.25) is 0 Å². The van der Waals surface area contributed by atoms with E-state index in [0.717, 1.165) is 5.39 Å². The van der Waals surface area contributed by atoms with Crippen LogP contribution in [0, 0.1) is 5.82 Å². The summed E-state index contributed by atoms with van der Waals surface area (Å²) in [6.07, 6.45) is 6.23. The summed E-state index contributed by atoms with van der Waals surface area (Å²) in [4.78, 5) is 17.8. The van der Waals surface area contributed by atoms with Crippen molar-refractivity contribution in [3.63, 3.8) is 0 Å². The maximum absolute atomic E-state index is 14.4. The van der Waals surface area contributed by atoms with Gasteiger partial charge < -0.3 is 10.2 Å². The Hall–Kier alpha value is -3.03. The maximum Gasteiger partial charge on any atom is 0.322 e. The summed E-state index contributed by atoms with van der Waals surface area (Å²) in [5.74, 6) is 0.0961. The van der Waals surface area contributed by atoms with Crippen molar-refractivity contribution in [2.75, 3.05) is 18.4 Å². The van der Waals surface area contributed by atoms with E-state index in [0.29, 0.717) is 17.3 Å². The third kappa shape index (κ3) is 2.98. The number of pyridine rings is 1. The van der Waals surface area contributed by atoms with Crippen molar-refractivity contribution in [1.82, 2.24) is 19.7 Å². The van der Waals surface area contributed by atoms with Gasteiger partial charge in [-0.15, -0.1) is 5.10 Å². The smallest absolute Gasteiger partial charge is 0.319 e. The Balaban J connectivity index is 1.42. The Morgan fingerprint density at radius 1 is 1.21 bits per heavy atom. The first-order valence-corrected chi connectivity index (χ1v) is 9.42. The molecule has 8 heteroatoms. The molecular formula is C20H19F2N5O. The van der Waals surface area contributed by atoms with Gasteiger partial charge in [-0.3, -0.25) is 0 Å². The van der Waals surface area contributed by atoms with Gasteiger partial charge in [0.1, 0.15) is 17.7 Å². The van der Waals surface area contributed by atoms with E-state index in [4.69, 9.17) is 0 Å². The molecule has 0 unspecified atom stereocenters. The molecule has 3 aromatic rings. The zero-order valence-corrected chi connectivity index (χ0v) is 15.1. The molecule has 1 aromatic carbocycles. The molecule has 6 nitrogen and oxygen atoms in total. The average molecular weight is 383 g/mol. The fourth-order valence-corrected chi connectivity index (χ4v) is 3.58. The molecule has 144 valence electrons. The van der Waals surface area contributed by atoms with Crippen LogP contribution >= 0.6 is 0 Å². The lowest BCUT2D eigenvalue weighted by molar-refractivity contribution is 0.0974. The monoisotopic (exact) mass is 383 g/mol. The quantitative estimate of drug-likeness (QED) is 0.743. The first kappa shape index (κ1) is 17.1. The highest BCUT2D eigenvalue weighted by Gasteiger charge is 2.30. The number of nitrogens with zero attached hydrogens (tertiary/aromatic N) is 4. The number of anilines is 1. The largest absolute Gasteiger partial charge is 0.322 e. The number of rotatable bonds is 3. The van der Waals surface area contributed by atoms with E-state index in [-0.39, 0.29) is 18.8 Å². The number of hydrogen-bond donors (Lipinski definition) is 1. The Morgan fingerprint density at radius 2 is 2.04 bits per heavy atom. The molecule has 2 aliphatic rings. The second-order valence-electron chi connectivity index (χ2n) is 7.48. The number of amides is 2. The second kappa shape index (κ2) is 6.54. The molecule has 28 heavy (non-hydrogen) atoms. The minimum absolute atomic E-state index is 0.0828. The number of nitrogens with one attached hydrogen (secondary N) is 1. The molecule has 2 amide bonds. The highest BCUT2D eigenvalue weighted by atomic mass is 19.1. The first-order valence-electron chi connectivity index (χ1n) is 9.42. The number of aromatic nitrogens is 3. The Morgan fingerprint density at radius 3 is 2.75 bits per heavy atom. The standard InChI is InChI=1S/C20H19F2N5O/c21-15-10-26(11-15)20(28)24-16-4-5-17(22)18(7-16)27-9-14-6-13(12-2-1-3-12)8-23-19(14)25-27/h4-9,12,15H,1-3,10-11H2,(H,24,28). The number of hydrogen-bond acceptors (Lipinski definition) is 3. The molecule has 1 saturated carbocycles. The molecule has 0 atom stereocenters. The van der Waals surface area contributed by atoms with Gasteiger partial charge in [0, 0.05) is 23.5 Å². The zero-order valence-electron chi connectivity index (χ0n) is 15.1. The Labute approximate surface area is 160 Å². The van der Waals surface area contributed by atoms with Gasteiger partial charge in [0.25, 0.3) is 0 Å². The molecule has 2 aromatic heterocycles. The molecule has 0 radical (unpaired) electrons. The number of alkyl halides is 1. The number of halogens is 2. The fraction of sp³-hybridized carbons (Fsp3) is 0.350. The van der Waals surface area contributed by atoms with Crippen molar-refractivity contribution in [3.8, 4) is 5.69 Å². The van der Waals surface area contributed by atoms with E-state index in [1.54, 1.807) is 6.20 Å². The van der Waals surface area contributed by atoms with E-state index in [9.17, 15) is 13.6 Å². The van der Waals surface area contributed by atoms with Crippen LogP contribution in [0.15, 0.2) is 36.7 Å². The van der Waals surface area contributed by atoms with Gasteiger partial charge in [0.2, 0.25) is 0 Å². The predicted molar refractivity (Wildman–Crippen MR) is 101 cm³/mol. The van der Waals surface area contributed by atoms with E-state index in [1.807, 2.05) is 6.20 Å². The van der Waals surface area contributed by atoms with Crippen LogP contribution in [0.4, 0.5) is 19.3 Å². The highest BCUT2D eigenvalue weighted by molar-refractivity contribution is 5.90. The molecule has 1 aliphatic heterocycles. The molecule has 1 aliphatic carbocycles. The Kier molecular flexibility index (Phi) is 3.99. The van der Waals surface area contributed by atoms with E-state index < -0.39 is 18.0 Å². The lowest BCUT2D eigenvalue weighted by Crippen LogP contribution is -2.53. The van der Waals surface area contributed by atoms with Crippen molar-refractivity contribution in [1.29, 1.82) is 0 Å². The number of likely N-dealkylation sites (tertiary alicyclic amines) is 1. The lowest BCUT2D eigenvalue weighted by Gasteiger charge is -2.34. The number of carbonyl (C=O) groups excluding carboxylic acids is 1. The molecule has 1 N–H and O–H groups in total. The first-order chi connectivity index (χ1) is 13.6. The van der Waals surface area contributed by atoms with E-state index >= 15 is 0 Å². The van der Waals surface area contributed by atoms with Crippen LogP contribution in [-0.2, 0) is 0 Å². The second-order valence-corrected chi connectivity index (χ2v) is 7.48. The van der Waals surface area contributed by atoms with Gasteiger partial charge in [0.15, 0.2) is 5.65 Å². The number of benzene rings is 1. The van der Waals surface area contributed by atoms with Crippen LogP contribution in [0.5, 0.6) is 0 Å². The van der Waals surface area contributed by atoms with Gasteiger partial charge in [-0.2, -0.15) is 0 Å². The van der Waals surface area contributed by atoms with Crippen LogP contribution in [0.3, 0.4) is 0 Å². The van der Waals surface area contributed by atoms with Crippen molar-refractivity contribution < 1.29 is 13.6 Å². The van der Waals surface area contributed by atoms with Crippen molar-refractivity contribution >= 4 is 22.8 Å². The van der Waals surface area contributed by atoms with Crippen molar-refractivity contribution in [2.45, 2.75) is 31.4 Å². The third-order valence-electron chi connectivity index (χ3n) is 5.53. The minimum atomic E-state index is -0.969. The Bertz CT molecular complexity index is 1060. The summed E-state index contributed by atoms with van der Waals surface area (Å²) < 4.78 is 28.8. The van der Waals surface area contributed by atoms with Crippen LogP contribution < -0.4 is 5.32 Å². The summed E-state index contributed by atoms with van der Waals surface area (Å²) in [7, 11) is 0. The summed E-state index contributed by atoms with van der Waals surface area (Å²) >= 11 is 0. The number of urea groups is 1. The van der Waals surface area contributed by atoms with Crippen LogP contribution in [0.25, 0.3) is 16.7 Å². The average Bonchev–Trinajstić information content (AvgIpc) is 3.02. The minimum Gasteiger partial charge on any atom is -0.319 e. The molecule has 1 saturated heterocycles. The molecule has 0 spiro atoms. The number of fused-ring (bicyclic) bond motifs is 1. The van der Waals surface area contributed by atoms with Crippen molar-refractivity contribution in [2.24, 2.45) is 0 Å². The summed E-state index contributed by atoms with van der Waals surface area (Å²) in [6, 6.07) is 5.93. The summed E-state index contributed by atoms with van der Waals surface area (Å²) in [5, 5.41) is 7.90. The summed E-state index contributed by atoms with van der Waals surface area (Å²) in [5.41, 5.74) is 2.38. The summed E-state index contributed by atoms with van der Waals surface area (Å²) in [6.45, 7) is 0.166. The van der Waals surface area contributed by atoms with Crippen molar-refractivity contribution in [3.05, 3.63) is 48.0 Å².